The first-order valence-electron chi connectivity index (χ1n) is 8.73. The Morgan fingerprint density at radius 1 is 1.21 bits per heavy atom. The minimum atomic E-state index is -0.364. The van der Waals surface area contributed by atoms with Crippen molar-refractivity contribution in [2.75, 3.05) is 0 Å². The van der Waals surface area contributed by atoms with E-state index in [1.54, 1.807) is 32.0 Å². The Kier molecular flexibility index (Phi) is 5.16. The summed E-state index contributed by atoms with van der Waals surface area (Å²) in [5.41, 5.74) is 4.98. The van der Waals surface area contributed by atoms with Gasteiger partial charge in [0, 0.05) is 10.2 Å². The van der Waals surface area contributed by atoms with Crippen molar-refractivity contribution >= 4 is 49.1 Å². The highest BCUT2D eigenvalue weighted by molar-refractivity contribution is 9.10. The maximum absolute atomic E-state index is 13.0. The minimum absolute atomic E-state index is 0.266. The minimum Gasteiger partial charge on any atom is -0.293 e. The van der Waals surface area contributed by atoms with Gasteiger partial charge in [-0.2, -0.15) is 9.78 Å². The molecule has 0 spiro atoms. The average molecular weight is 470 g/mol. The second-order valence-corrected chi connectivity index (χ2v) is 8.20. The molecule has 2 N–H and O–H groups in total. The van der Waals surface area contributed by atoms with E-state index in [4.69, 9.17) is 0 Å². The van der Waals surface area contributed by atoms with Crippen molar-refractivity contribution in [2.45, 2.75) is 13.8 Å². The summed E-state index contributed by atoms with van der Waals surface area (Å²) in [4.78, 5) is 29.8. The number of amides is 1. The number of nitrogens with one attached hydrogen (secondary N) is 2. The van der Waals surface area contributed by atoms with Gasteiger partial charge in [-0.1, -0.05) is 35.6 Å². The van der Waals surface area contributed by atoms with Crippen LogP contribution in [-0.2, 0) is 0 Å². The quantitative estimate of drug-likeness (QED) is 0.349. The van der Waals surface area contributed by atoms with Crippen LogP contribution in [0.2, 0.25) is 0 Å². The zero-order valence-corrected chi connectivity index (χ0v) is 18.0. The van der Waals surface area contributed by atoms with E-state index in [1.165, 1.54) is 16.0 Å². The summed E-state index contributed by atoms with van der Waals surface area (Å²) in [5, 5.41) is 7.73. The number of fused-ring (bicyclic) bond motifs is 1. The van der Waals surface area contributed by atoms with Gasteiger partial charge in [-0.3, -0.25) is 14.7 Å². The van der Waals surface area contributed by atoms with Crippen molar-refractivity contribution in [3.05, 3.63) is 80.2 Å². The van der Waals surface area contributed by atoms with Crippen LogP contribution in [0.4, 0.5) is 0 Å². The summed E-state index contributed by atoms with van der Waals surface area (Å²) < 4.78 is 3.07. The van der Waals surface area contributed by atoms with Crippen molar-refractivity contribution in [2.24, 2.45) is 5.10 Å². The number of hydrogen-bond acceptors (Lipinski definition) is 5. The third-order valence-corrected chi connectivity index (χ3v) is 6.06. The Hall–Kier alpha value is -3.04. The lowest BCUT2D eigenvalue weighted by Crippen LogP contribution is -2.23. The van der Waals surface area contributed by atoms with Gasteiger partial charge in [-0.25, -0.2) is 10.4 Å². The molecule has 0 atom stereocenters. The Bertz CT molecular complexity index is 1280. The normalized spacial score (nSPS) is 11.8. The first-order chi connectivity index (χ1) is 14.0. The summed E-state index contributed by atoms with van der Waals surface area (Å²) in [6.45, 7) is 3.47. The van der Waals surface area contributed by atoms with Crippen molar-refractivity contribution < 1.29 is 4.79 Å². The molecule has 0 saturated heterocycles. The molecule has 1 amide bonds. The second-order valence-electron chi connectivity index (χ2n) is 6.33. The molecule has 0 aliphatic heterocycles. The Balaban J connectivity index is 1.65. The number of rotatable bonds is 4. The number of hydrogen-bond donors (Lipinski definition) is 2. The van der Waals surface area contributed by atoms with Crippen molar-refractivity contribution in [3.8, 4) is 5.13 Å². The molecule has 0 saturated carbocycles. The Labute approximate surface area is 178 Å². The van der Waals surface area contributed by atoms with Crippen LogP contribution in [0.3, 0.4) is 0 Å². The molecule has 2 heterocycles. The number of aryl methyl sites for hydroxylation is 1. The SMILES string of the molecule is CC(=NNC(=O)c1ccccc1Br)c1c(C)[nH]n(-c2nc3ccccc3s2)c1=O. The van der Waals surface area contributed by atoms with Crippen LogP contribution in [0, 0.1) is 6.92 Å². The molecule has 0 aliphatic carbocycles. The molecular formula is C20H16BrN5O2S. The fourth-order valence-electron chi connectivity index (χ4n) is 2.96. The van der Waals surface area contributed by atoms with Gasteiger partial charge >= 0.3 is 0 Å². The van der Waals surface area contributed by atoms with Gasteiger partial charge in [-0.15, -0.1) is 0 Å². The number of benzene rings is 2. The number of carbonyl (C=O) groups excluding carboxylic acids is 1. The standard InChI is InChI=1S/C20H16BrN5O2S/c1-11(23-24-18(27)13-7-3-4-8-14(13)21)17-12(2)25-26(19(17)28)20-22-15-9-5-6-10-16(15)29-20/h3-10,25H,1-2H3,(H,24,27). The molecule has 0 fully saturated rings. The maximum Gasteiger partial charge on any atom is 0.282 e. The molecular weight excluding hydrogens is 454 g/mol. The molecule has 2 aromatic heterocycles. The summed E-state index contributed by atoms with van der Waals surface area (Å²) >= 11 is 4.76. The third kappa shape index (κ3) is 3.66. The summed E-state index contributed by atoms with van der Waals surface area (Å²) in [6.07, 6.45) is 0. The van der Waals surface area contributed by atoms with E-state index in [9.17, 15) is 9.59 Å². The van der Waals surface area contributed by atoms with E-state index in [0.29, 0.717) is 32.1 Å². The van der Waals surface area contributed by atoms with Crippen LogP contribution in [0.5, 0.6) is 0 Å². The van der Waals surface area contributed by atoms with E-state index >= 15 is 0 Å². The van der Waals surface area contributed by atoms with Crippen LogP contribution in [0.1, 0.15) is 28.5 Å². The number of nitrogens with zero attached hydrogens (tertiary/aromatic N) is 3. The van der Waals surface area contributed by atoms with Crippen LogP contribution in [0.25, 0.3) is 15.3 Å². The van der Waals surface area contributed by atoms with Crippen molar-refractivity contribution in [1.82, 2.24) is 20.2 Å². The topological polar surface area (TPSA) is 92.1 Å². The lowest BCUT2D eigenvalue weighted by molar-refractivity contribution is 0.0954. The number of halogens is 1. The summed E-state index contributed by atoms with van der Waals surface area (Å²) in [5.74, 6) is -0.364. The molecule has 4 aromatic rings. The highest BCUT2D eigenvalue weighted by atomic mass is 79.9. The summed E-state index contributed by atoms with van der Waals surface area (Å²) in [7, 11) is 0. The highest BCUT2D eigenvalue weighted by Crippen LogP contribution is 2.23. The zero-order valence-electron chi connectivity index (χ0n) is 15.6. The lowest BCUT2D eigenvalue weighted by atomic mass is 10.2. The lowest BCUT2D eigenvalue weighted by Gasteiger charge is -2.03. The first kappa shape index (κ1) is 19.3. The van der Waals surface area contributed by atoms with E-state index in [-0.39, 0.29) is 11.5 Å². The number of aromatic amines is 1. The smallest absolute Gasteiger partial charge is 0.282 e. The molecule has 0 radical (unpaired) electrons. The predicted octanol–water partition coefficient (Wildman–Crippen LogP) is 4.00. The molecule has 0 bridgehead atoms. The van der Waals surface area contributed by atoms with Gasteiger partial charge in [0.1, 0.15) is 0 Å². The number of H-pyrrole nitrogens is 1. The third-order valence-electron chi connectivity index (χ3n) is 4.35. The van der Waals surface area contributed by atoms with Crippen LogP contribution < -0.4 is 11.0 Å². The van der Waals surface area contributed by atoms with Crippen LogP contribution >= 0.6 is 27.3 Å². The van der Waals surface area contributed by atoms with Gasteiger partial charge < -0.3 is 0 Å². The number of thiazole rings is 1. The molecule has 0 unspecified atom stereocenters. The van der Waals surface area contributed by atoms with Crippen molar-refractivity contribution in [1.29, 1.82) is 0 Å². The zero-order chi connectivity index (χ0) is 20.5. The largest absolute Gasteiger partial charge is 0.293 e. The molecule has 146 valence electrons. The van der Waals surface area contributed by atoms with Crippen LogP contribution in [0.15, 0.2) is 62.9 Å². The van der Waals surface area contributed by atoms with E-state index in [2.05, 4.69) is 36.5 Å². The Morgan fingerprint density at radius 2 is 1.93 bits per heavy atom. The van der Waals surface area contributed by atoms with E-state index < -0.39 is 0 Å². The maximum atomic E-state index is 13.0. The molecule has 4 rings (SSSR count). The average Bonchev–Trinajstić information content (AvgIpc) is 3.26. The monoisotopic (exact) mass is 469 g/mol. The number of carbonyl (C=O) groups is 1. The number of para-hydroxylation sites is 1. The van der Waals surface area contributed by atoms with Crippen molar-refractivity contribution in [3.63, 3.8) is 0 Å². The van der Waals surface area contributed by atoms with Gasteiger partial charge in [0.2, 0.25) is 5.13 Å². The van der Waals surface area contributed by atoms with Gasteiger partial charge in [-0.05, 0) is 54.0 Å². The Morgan fingerprint density at radius 3 is 2.69 bits per heavy atom. The molecule has 0 aliphatic rings. The molecule has 7 nitrogen and oxygen atoms in total. The highest BCUT2D eigenvalue weighted by Gasteiger charge is 2.18. The van der Waals surface area contributed by atoms with Crippen LogP contribution in [-0.4, -0.2) is 26.4 Å². The van der Waals surface area contributed by atoms with E-state index in [1.807, 2.05) is 30.3 Å². The fourth-order valence-corrected chi connectivity index (χ4v) is 4.35. The van der Waals surface area contributed by atoms with Gasteiger partial charge in [0.05, 0.1) is 27.1 Å². The number of hydrazone groups is 1. The molecule has 29 heavy (non-hydrogen) atoms. The molecule has 2 aromatic carbocycles. The summed E-state index contributed by atoms with van der Waals surface area (Å²) in [6, 6.07) is 14.8. The predicted molar refractivity (Wildman–Crippen MR) is 118 cm³/mol. The van der Waals surface area contributed by atoms with Gasteiger partial charge in [0.25, 0.3) is 11.5 Å². The van der Waals surface area contributed by atoms with E-state index in [0.717, 1.165) is 10.2 Å². The second kappa shape index (κ2) is 7.76. The first-order valence-corrected chi connectivity index (χ1v) is 10.3. The molecule has 9 heteroatoms. The fraction of sp³-hybridized carbons (Fsp3) is 0.100. The van der Waals surface area contributed by atoms with Gasteiger partial charge in [0.15, 0.2) is 0 Å². The number of aromatic nitrogens is 3.